The van der Waals surface area contributed by atoms with Crippen LogP contribution in [0.1, 0.15) is 18.3 Å². The summed E-state index contributed by atoms with van der Waals surface area (Å²) in [6.45, 7) is 5.67. The third-order valence-electron chi connectivity index (χ3n) is 3.03. The zero-order chi connectivity index (χ0) is 15.8. The zero-order valence-corrected chi connectivity index (χ0v) is 12.9. The van der Waals surface area contributed by atoms with Gasteiger partial charge in [0.05, 0.1) is 13.1 Å². The number of aryl methyl sites for hydroxylation is 1. The molecule has 6 heteroatoms. The second-order valence-electron chi connectivity index (χ2n) is 4.58. The van der Waals surface area contributed by atoms with Gasteiger partial charge in [-0.15, -0.1) is 6.42 Å². The molecule has 0 radical (unpaired) electrons. The van der Waals surface area contributed by atoms with Gasteiger partial charge in [0.25, 0.3) is 0 Å². The molecule has 0 spiro atoms. The van der Waals surface area contributed by atoms with Gasteiger partial charge >= 0.3 is 0 Å². The van der Waals surface area contributed by atoms with Gasteiger partial charge in [-0.25, -0.2) is 15.0 Å². The van der Waals surface area contributed by atoms with Crippen molar-refractivity contribution in [1.82, 2.24) is 25.2 Å². The Hall–Kier alpha value is -2.81. The summed E-state index contributed by atoms with van der Waals surface area (Å²) in [5.41, 5.74) is 1.02. The van der Waals surface area contributed by atoms with E-state index in [4.69, 9.17) is 6.42 Å². The van der Waals surface area contributed by atoms with Crippen molar-refractivity contribution in [3.8, 4) is 18.2 Å². The first kappa shape index (κ1) is 15.6. The van der Waals surface area contributed by atoms with Crippen LogP contribution in [0.3, 0.4) is 0 Å². The van der Waals surface area contributed by atoms with Crippen LogP contribution in [0.4, 0.5) is 0 Å². The fraction of sp³-hybridized carbons (Fsp3) is 0.312. The molecule has 2 N–H and O–H groups in total. The van der Waals surface area contributed by atoms with Crippen LogP contribution < -0.4 is 10.6 Å². The summed E-state index contributed by atoms with van der Waals surface area (Å²) < 4.78 is 1.95. The number of nitrogens with one attached hydrogen (secondary N) is 2. The number of aliphatic imine (C=N–C) groups is 1. The van der Waals surface area contributed by atoms with E-state index >= 15 is 0 Å². The van der Waals surface area contributed by atoms with Crippen LogP contribution in [0.5, 0.6) is 0 Å². The van der Waals surface area contributed by atoms with Crippen LogP contribution in [-0.4, -0.2) is 33.6 Å². The van der Waals surface area contributed by atoms with E-state index in [2.05, 4.69) is 31.5 Å². The molecule has 0 bridgehead atoms. The smallest absolute Gasteiger partial charge is 0.192 e. The number of hydrogen-bond donors (Lipinski definition) is 2. The number of rotatable bonds is 5. The Morgan fingerprint density at radius 1 is 1.36 bits per heavy atom. The highest BCUT2D eigenvalue weighted by Gasteiger charge is 2.07. The van der Waals surface area contributed by atoms with Crippen LogP contribution in [0.25, 0.3) is 5.82 Å². The molecule has 0 aliphatic carbocycles. The predicted molar refractivity (Wildman–Crippen MR) is 87.7 cm³/mol. The molecule has 0 saturated heterocycles. The van der Waals surface area contributed by atoms with E-state index in [1.807, 2.05) is 36.7 Å². The highest BCUT2D eigenvalue weighted by molar-refractivity contribution is 5.80. The van der Waals surface area contributed by atoms with Crippen LogP contribution in [0.2, 0.25) is 0 Å². The minimum Gasteiger partial charge on any atom is -0.357 e. The molecule has 114 valence electrons. The van der Waals surface area contributed by atoms with Crippen molar-refractivity contribution in [2.75, 3.05) is 13.1 Å². The summed E-state index contributed by atoms with van der Waals surface area (Å²) in [7, 11) is 0. The van der Waals surface area contributed by atoms with E-state index < -0.39 is 0 Å². The van der Waals surface area contributed by atoms with Gasteiger partial charge in [-0.05, 0) is 19.9 Å². The monoisotopic (exact) mass is 296 g/mol. The molecule has 0 amide bonds. The van der Waals surface area contributed by atoms with Gasteiger partial charge in [0.2, 0.25) is 0 Å². The molecule has 0 aromatic carbocycles. The summed E-state index contributed by atoms with van der Waals surface area (Å²) in [5, 5.41) is 6.23. The first-order valence-electron chi connectivity index (χ1n) is 7.16. The predicted octanol–water partition coefficient (Wildman–Crippen LogP) is 1.26. The Balaban J connectivity index is 2.23. The third-order valence-corrected chi connectivity index (χ3v) is 3.03. The van der Waals surface area contributed by atoms with Crippen LogP contribution in [0.15, 0.2) is 35.7 Å². The van der Waals surface area contributed by atoms with E-state index in [1.165, 1.54) is 0 Å². The van der Waals surface area contributed by atoms with Gasteiger partial charge in [0.15, 0.2) is 5.96 Å². The van der Waals surface area contributed by atoms with Crippen molar-refractivity contribution in [2.24, 2.45) is 4.99 Å². The molecule has 22 heavy (non-hydrogen) atoms. The fourth-order valence-corrected chi connectivity index (χ4v) is 2.01. The van der Waals surface area contributed by atoms with Crippen molar-refractivity contribution >= 4 is 5.96 Å². The number of hydrogen-bond acceptors (Lipinski definition) is 3. The highest BCUT2D eigenvalue weighted by Crippen LogP contribution is 2.14. The number of guanidine groups is 1. The van der Waals surface area contributed by atoms with Gasteiger partial charge in [-0.2, -0.15) is 0 Å². The van der Waals surface area contributed by atoms with E-state index in [0.29, 0.717) is 19.0 Å². The zero-order valence-electron chi connectivity index (χ0n) is 12.9. The number of imidazole rings is 1. The minimum absolute atomic E-state index is 0.437. The van der Waals surface area contributed by atoms with E-state index in [9.17, 15) is 0 Å². The Morgan fingerprint density at radius 2 is 2.23 bits per heavy atom. The number of nitrogens with zero attached hydrogens (tertiary/aromatic N) is 4. The van der Waals surface area contributed by atoms with Crippen LogP contribution >= 0.6 is 0 Å². The molecular formula is C16H20N6. The first-order chi connectivity index (χ1) is 10.8. The highest BCUT2D eigenvalue weighted by atomic mass is 15.2. The van der Waals surface area contributed by atoms with Crippen molar-refractivity contribution in [2.45, 2.75) is 20.4 Å². The topological polar surface area (TPSA) is 67.1 Å². The Morgan fingerprint density at radius 3 is 2.91 bits per heavy atom. The maximum atomic E-state index is 5.27. The lowest BCUT2D eigenvalue weighted by Gasteiger charge is -2.11. The SMILES string of the molecule is C#CCNC(=NCc1cccnc1-n1ccnc1C)NCC. The summed E-state index contributed by atoms with van der Waals surface area (Å²) in [5.74, 6) is 4.96. The second kappa shape index (κ2) is 7.84. The normalized spacial score (nSPS) is 11.0. The Bertz CT molecular complexity index is 680. The lowest BCUT2D eigenvalue weighted by atomic mass is 10.2. The molecule has 2 aromatic rings. The van der Waals surface area contributed by atoms with Gasteiger partial charge < -0.3 is 10.6 Å². The van der Waals surface area contributed by atoms with Gasteiger partial charge in [-0.1, -0.05) is 12.0 Å². The molecule has 2 aromatic heterocycles. The molecule has 0 atom stereocenters. The average molecular weight is 296 g/mol. The van der Waals surface area contributed by atoms with E-state index in [-0.39, 0.29) is 0 Å². The largest absolute Gasteiger partial charge is 0.357 e. The lowest BCUT2D eigenvalue weighted by Crippen LogP contribution is -2.37. The molecule has 0 saturated carbocycles. The quantitative estimate of drug-likeness (QED) is 0.495. The average Bonchev–Trinajstić information content (AvgIpc) is 2.96. The first-order valence-corrected chi connectivity index (χ1v) is 7.16. The molecule has 6 nitrogen and oxygen atoms in total. The molecule has 2 rings (SSSR count). The van der Waals surface area contributed by atoms with Crippen LogP contribution in [0, 0.1) is 19.3 Å². The molecule has 0 aliphatic rings. The standard InChI is InChI=1S/C16H20N6/c1-4-8-20-16(17-5-2)21-12-14-7-6-9-19-15(14)22-11-10-18-13(22)3/h1,6-7,9-11H,5,8,12H2,2-3H3,(H2,17,20,21). The molecule has 0 unspecified atom stereocenters. The summed E-state index contributed by atoms with van der Waals surface area (Å²) in [6, 6.07) is 3.92. The maximum Gasteiger partial charge on any atom is 0.192 e. The van der Waals surface area contributed by atoms with Crippen molar-refractivity contribution in [3.63, 3.8) is 0 Å². The molecule has 2 heterocycles. The van der Waals surface area contributed by atoms with Gasteiger partial charge in [0.1, 0.15) is 11.6 Å². The summed E-state index contributed by atoms with van der Waals surface area (Å²) in [4.78, 5) is 13.2. The lowest BCUT2D eigenvalue weighted by molar-refractivity contribution is 0.852. The molecule has 0 aliphatic heterocycles. The van der Waals surface area contributed by atoms with Crippen molar-refractivity contribution in [3.05, 3.63) is 42.1 Å². The number of terminal acetylenes is 1. The van der Waals surface area contributed by atoms with Crippen molar-refractivity contribution in [1.29, 1.82) is 0 Å². The maximum absolute atomic E-state index is 5.27. The number of pyridine rings is 1. The second-order valence-corrected chi connectivity index (χ2v) is 4.58. The number of aromatic nitrogens is 3. The van der Waals surface area contributed by atoms with E-state index in [1.54, 1.807) is 12.4 Å². The summed E-state index contributed by atoms with van der Waals surface area (Å²) in [6.07, 6.45) is 10.7. The summed E-state index contributed by atoms with van der Waals surface area (Å²) >= 11 is 0. The van der Waals surface area contributed by atoms with Gasteiger partial charge in [-0.3, -0.25) is 4.57 Å². The Labute approximate surface area is 130 Å². The Kier molecular flexibility index (Phi) is 5.55. The third kappa shape index (κ3) is 3.85. The van der Waals surface area contributed by atoms with E-state index in [0.717, 1.165) is 23.8 Å². The fourth-order valence-electron chi connectivity index (χ4n) is 2.01. The minimum atomic E-state index is 0.437. The molecule has 0 fully saturated rings. The van der Waals surface area contributed by atoms with Gasteiger partial charge in [0, 0.05) is 30.7 Å². The van der Waals surface area contributed by atoms with Crippen molar-refractivity contribution < 1.29 is 0 Å². The molecular weight excluding hydrogens is 276 g/mol. The van der Waals surface area contributed by atoms with Crippen LogP contribution in [-0.2, 0) is 6.54 Å².